The Morgan fingerprint density at radius 3 is 2.17 bits per heavy atom. The first-order chi connectivity index (χ1) is 11.6. The number of hydrogen-bond donors (Lipinski definition) is 2. The Bertz CT molecular complexity index is 830. The molecule has 0 aliphatic heterocycles. The van der Waals surface area contributed by atoms with Crippen molar-refractivity contribution in [3.05, 3.63) is 76.4 Å². The average Bonchev–Trinajstić information content (AvgIpc) is 2.59. The molecule has 0 aliphatic rings. The summed E-state index contributed by atoms with van der Waals surface area (Å²) < 4.78 is 1.00. The fourth-order valence-electron chi connectivity index (χ4n) is 2.03. The summed E-state index contributed by atoms with van der Waals surface area (Å²) in [5.41, 5.74) is 3.02. The van der Waals surface area contributed by atoms with Crippen molar-refractivity contribution in [1.29, 1.82) is 0 Å². The van der Waals surface area contributed by atoms with Gasteiger partial charge in [-0.2, -0.15) is 0 Å². The van der Waals surface area contributed by atoms with E-state index in [4.69, 9.17) is 0 Å². The number of rotatable bonds is 4. The topological polar surface area (TPSA) is 66.9 Å². The zero-order valence-corrected chi connectivity index (χ0v) is 14.5. The van der Waals surface area contributed by atoms with Crippen LogP contribution in [0.5, 0.6) is 0 Å². The summed E-state index contributed by atoms with van der Waals surface area (Å²) in [6, 6.07) is 18.6. The van der Waals surface area contributed by atoms with E-state index in [1.807, 2.05) is 55.5 Å². The van der Waals surface area contributed by atoms with Gasteiger partial charge < -0.3 is 10.6 Å². The Balaban J connectivity index is 1.66. The van der Waals surface area contributed by atoms with Gasteiger partial charge in [-0.05, 0) is 55.5 Å². The fourth-order valence-corrected chi connectivity index (χ4v) is 2.30. The van der Waals surface area contributed by atoms with Crippen LogP contribution in [0.25, 0.3) is 0 Å². The Morgan fingerprint density at radius 2 is 1.54 bits per heavy atom. The smallest absolute Gasteiger partial charge is 0.276 e. The predicted octanol–water partition coefficient (Wildman–Crippen LogP) is 4.54. The van der Waals surface area contributed by atoms with Crippen LogP contribution in [-0.2, 0) is 0 Å². The van der Waals surface area contributed by atoms with Crippen LogP contribution in [0.4, 0.5) is 17.2 Å². The van der Waals surface area contributed by atoms with Crippen molar-refractivity contribution in [2.24, 2.45) is 0 Å². The molecule has 6 heteroatoms. The van der Waals surface area contributed by atoms with E-state index in [0.717, 1.165) is 21.4 Å². The molecule has 1 heterocycles. The molecule has 3 aromatic rings. The van der Waals surface area contributed by atoms with E-state index in [1.54, 1.807) is 12.1 Å². The first kappa shape index (κ1) is 16.1. The van der Waals surface area contributed by atoms with Crippen LogP contribution in [0.15, 0.2) is 65.1 Å². The number of anilines is 3. The minimum absolute atomic E-state index is 0.261. The van der Waals surface area contributed by atoms with Crippen LogP contribution < -0.4 is 10.6 Å². The monoisotopic (exact) mass is 382 g/mol. The highest BCUT2D eigenvalue weighted by Crippen LogP contribution is 2.17. The lowest BCUT2D eigenvalue weighted by atomic mass is 10.2. The Morgan fingerprint density at radius 1 is 0.875 bits per heavy atom. The molecule has 0 saturated heterocycles. The molecule has 1 amide bonds. The molecule has 2 N–H and O–H groups in total. The van der Waals surface area contributed by atoms with Gasteiger partial charge in [-0.1, -0.05) is 33.6 Å². The molecule has 5 nitrogen and oxygen atoms in total. The highest BCUT2D eigenvalue weighted by Gasteiger charge is 2.08. The fraction of sp³-hybridized carbons (Fsp3) is 0.0556. The second-order valence-corrected chi connectivity index (χ2v) is 6.17. The van der Waals surface area contributed by atoms with Crippen molar-refractivity contribution in [1.82, 2.24) is 10.2 Å². The quantitative estimate of drug-likeness (QED) is 0.694. The molecule has 1 aromatic heterocycles. The van der Waals surface area contributed by atoms with E-state index in [0.29, 0.717) is 5.82 Å². The van der Waals surface area contributed by atoms with E-state index in [1.165, 1.54) is 0 Å². The minimum Gasteiger partial charge on any atom is -0.339 e. The summed E-state index contributed by atoms with van der Waals surface area (Å²) in [6.45, 7) is 1.99. The van der Waals surface area contributed by atoms with Gasteiger partial charge in [0.15, 0.2) is 11.5 Å². The number of nitrogens with zero attached hydrogens (tertiary/aromatic N) is 2. The van der Waals surface area contributed by atoms with Gasteiger partial charge in [0.2, 0.25) is 0 Å². The van der Waals surface area contributed by atoms with Crippen LogP contribution in [0.2, 0.25) is 0 Å². The largest absolute Gasteiger partial charge is 0.339 e. The summed E-state index contributed by atoms with van der Waals surface area (Å²) in [6.07, 6.45) is 0. The number of aryl methyl sites for hydroxylation is 1. The number of carbonyl (C=O) groups excluding carboxylic acids is 1. The second-order valence-electron chi connectivity index (χ2n) is 5.26. The molecule has 120 valence electrons. The van der Waals surface area contributed by atoms with Gasteiger partial charge in [-0.3, -0.25) is 4.79 Å². The van der Waals surface area contributed by atoms with E-state index in [-0.39, 0.29) is 11.6 Å². The molecule has 0 radical (unpaired) electrons. The van der Waals surface area contributed by atoms with Crippen molar-refractivity contribution in [2.75, 3.05) is 10.6 Å². The van der Waals surface area contributed by atoms with Crippen LogP contribution in [0.1, 0.15) is 16.1 Å². The molecule has 2 aromatic carbocycles. The second kappa shape index (κ2) is 7.23. The Hall–Kier alpha value is -2.73. The van der Waals surface area contributed by atoms with Crippen molar-refractivity contribution < 1.29 is 4.79 Å². The normalized spacial score (nSPS) is 10.2. The van der Waals surface area contributed by atoms with Crippen molar-refractivity contribution in [3.8, 4) is 0 Å². The van der Waals surface area contributed by atoms with E-state index in [2.05, 4.69) is 36.8 Å². The highest BCUT2D eigenvalue weighted by molar-refractivity contribution is 9.10. The Labute approximate surface area is 148 Å². The lowest BCUT2D eigenvalue weighted by Crippen LogP contribution is -2.14. The van der Waals surface area contributed by atoms with E-state index < -0.39 is 0 Å². The number of nitrogens with one attached hydrogen (secondary N) is 2. The summed E-state index contributed by atoms with van der Waals surface area (Å²) in [5, 5.41) is 13.9. The maximum absolute atomic E-state index is 12.2. The summed E-state index contributed by atoms with van der Waals surface area (Å²) in [4.78, 5) is 12.2. The number of halogens is 1. The molecular weight excluding hydrogens is 368 g/mol. The van der Waals surface area contributed by atoms with Gasteiger partial charge in [0, 0.05) is 15.8 Å². The molecule has 0 fully saturated rings. The SMILES string of the molecule is Cc1ccc(NC(=O)c2ccc(Nc3ccc(Br)cc3)nn2)cc1. The molecule has 0 unspecified atom stereocenters. The van der Waals surface area contributed by atoms with Gasteiger partial charge in [0.25, 0.3) is 5.91 Å². The van der Waals surface area contributed by atoms with Gasteiger partial charge in [0.1, 0.15) is 0 Å². The maximum atomic E-state index is 12.2. The van der Waals surface area contributed by atoms with Crippen molar-refractivity contribution in [2.45, 2.75) is 6.92 Å². The molecular formula is C18H15BrN4O. The third-order valence-electron chi connectivity index (χ3n) is 3.32. The predicted molar refractivity (Wildman–Crippen MR) is 98.6 cm³/mol. The standard InChI is InChI=1S/C18H15BrN4O/c1-12-2-6-15(7-3-12)21-18(24)16-10-11-17(23-22-16)20-14-8-4-13(19)5-9-14/h2-11H,1H3,(H,20,23)(H,21,24). The molecule has 0 atom stereocenters. The first-order valence-electron chi connectivity index (χ1n) is 7.34. The lowest BCUT2D eigenvalue weighted by molar-refractivity contribution is 0.102. The molecule has 24 heavy (non-hydrogen) atoms. The highest BCUT2D eigenvalue weighted by atomic mass is 79.9. The van der Waals surface area contributed by atoms with E-state index in [9.17, 15) is 4.79 Å². The van der Waals surface area contributed by atoms with Crippen LogP contribution in [0, 0.1) is 6.92 Å². The molecule has 0 spiro atoms. The third-order valence-corrected chi connectivity index (χ3v) is 3.85. The van der Waals surface area contributed by atoms with Crippen molar-refractivity contribution >= 4 is 39.0 Å². The van der Waals surface area contributed by atoms with E-state index >= 15 is 0 Å². The van der Waals surface area contributed by atoms with Gasteiger partial charge >= 0.3 is 0 Å². The van der Waals surface area contributed by atoms with Crippen molar-refractivity contribution in [3.63, 3.8) is 0 Å². The number of aromatic nitrogens is 2. The number of hydrogen-bond acceptors (Lipinski definition) is 4. The zero-order valence-electron chi connectivity index (χ0n) is 13.0. The molecule has 3 rings (SSSR count). The third kappa shape index (κ3) is 4.17. The Kier molecular flexibility index (Phi) is 4.86. The zero-order chi connectivity index (χ0) is 16.9. The molecule has 0 bridgehead atoms. The van der Waals surface area contributed by atoms with Crippen LogP contribution >= 0.6 is 15.9 Å². The summed E-state index contributed by atoms with van der Waals surface area (Å²) in [5.74, 6) is 0.283. The maximum Gasteiger partial charge on any atom is 0.276 e. The minimum atomic E-state index is -0.290. The number of carbonyl (C=O) groups is 1. The summed E-state index contributed by atoms with van der Waals surface area (Å²) >= 11 is 3.39. The first-order valence-corrected chi connectivity index (χ1v) is 8.14. The molecule has 0 saturated carbocycles. The lowest BCUT2D eigenvalue weighted by Gasteiger charge is -2.07. The van der Waals surface area contributed by atoms with Crippen LogP contribution in [0.3, 0.4) is 0 Å². The van der Waals surface area contributed by atoms with Crippen LogP contribution in [-0.4, -0.2) is 16.1 Å². The number of benzene rings is 2. The van der Waals surface area contributed by atoms with Gasteiger partial charge in [-0.15, -0.1) is 10.2 Å². The van der Waals surface area contributed by atoms with Gasteiger partial charge in [-0.25, -0.2) is 0 Å². The van der Waals surface area contributed by atoms with Gasteiger partial charge in [0.05, 0.1) is 0 Å². The average molecular weight is 383 g/mol. The number of amides is 1. The summed E-state index contributed by atoms with van der Waals surface area (Å²) in [7, 11) is 0. The molecule has 0 aliphatic carbocycles.